The zero-order chi connectivity index (χ0) is 17.7. The van der Waals surface area contributed by atoms with Crippen molar-refractivity contribution in [1.29, 1.82) is 0 Å². The Labute approximate surface area is 137 Å². The van der Waals surface area contributed by atoms with Crippen LogP contribution >= 0.6 is 0 Å². The van der Waals surface area contributed by atoms with Gasteiger partial charge in [0.15, 0.2) is 0 Å². The average Bonchev–Trinajstić information content (AvgIpc) is 2.40. The molecule has 7 nitrogen and oxygen atoms in total. The number of sulfonamides is 1. The van der Waals surface area contributed by atoms with Crippen molar-refractivity contribution in [3.05, 3.63) is 29.8 Å². The van der Waals surface area contributed by atoms with Crippen molar-refractivity contribution in [2.24, 2.45) is 5.14 Å². The van der Waals surface area contributed by atoms with Gasteiger partial charge in [-0.3, -0.25) is 0 Å². The molecule has 8 heteroatoms. The monoisotopic (exact) mass is 343 g/mol. The number of rotatable bonds is 6. The Hall–Kier alpha value is -1.64. The van der Waals surface area contributed by atoms with Crippen molar-refractivity contribution in [1.82, 2.24) is 10.6 Å². The summed E-state index contributed by atoms with van der Waals surface area (Å²) in [6.07, 6.45) is -0.454. The van der Waals surface area contributed by atoms with Crippen LogP contribution in [0.4, 0.5) is 4.79 Å². The molecule has 0 fully saturated rings. The first-order valence-electron chi connectivity index (χ1n) is 7.32. The van der Waals surface area contributed by atoms with Gasteiger partial charge in [-0.25, -0.2) is 18.4 Å². The standard InChI is InChI=1S/C15H25N3O4S/c1-11(12-5-7-13(8-6-12)23(16,20)21)17-9-10-18-14(19)22-15(2,3)4/h5-8,11,17H,9-10H2,1-4H3,(H,18,19)(H2,16,20,21). The summed E-state index contributed by atoms with van der Waals surface area (Å²) in [7, 11) is -3.67. The van der Waals surface area contributed by atoms with Crippen LogP contribution in [0.1, 0.15) is 39.3 Å². The Balaban J connectivity index is 2.40. The Morgan fingerprint density at radius 1 is 1.22 bits per heavy atom. The summed E-state index contributed by atoms with van der Waals surface area (Å²) < 4.78 is 27.5. The van der Waals surface area contributed by atoms with Crippen LogP contribution in [-0.2, 0) is 14.8 Å². The van der Waals surface area contributed by atoms with Crippen molar-refractivity contribution < 1.29 is 17.9 Å². The topological polar surface area (TPSA) is 111 Å². The Morgan fingerprint density at radius 2 is 1.78 bits per heavy atom. The van der Waals surface area contributed by atoms with Gasteiger partial charge in [-0.15, -0.1) is 0 Å². The number of alkyl carbamates (subject to hydrolysis) is 1. The molecule has 0 bridgehead atoms. The quantitative estimate of drug-likeness (QED) is 0.678. The van der Waals surface area contributed by atoms with E-state index in [0.29, 0.717) is 13.1 Å². The third-order valence-electron chi connectivity index (χ3n) is 2.95. The summed E-state index contributed by atoms with van der Waals surface area (Å²) in [6.45, 7) is 8.33. The molecule has 1 aromatic carbocycles. The average molecular weight is 343 g/mol. The van der Waals surface area contributed by atoms with Crippen LogP contribution in [-0.4, -0.2) is 33.2 Å². The van der Waals surface area contributed by atoms with Gasteiger partial charge in [-0.1, -0.05) is 12.1 Å². The van der Waals surface area contributed by atoms with Crippen LogP contribution in [0.5, 0.6) is 0 Å². The largest absolute Gasteiger partial charge is 0.444 e. The SMILES string of the molecule is CC(NCCNC(=O)OC(C)(C)C)c1ccc(S(N)(=O)=O)cc1. The Morgan fingerprint density at radius 3 is 2.26 bits per heavy atom. The van der Waals surface area contributed by atoms with Gasteiger partial charge in [0.25, 0.3) is 0 Å². The number of benzene rings is 1. The lowest BCUT2D eigenvalue weighted by Crippen LogP contribution is -2.36. The molecule has 0 saturated heterocycles. The molecular weight excluding hydrogens is 318 g/mol. The molecule has 0 spiro atoms. The molecule has 0 aromatic heterocycles. The van der Waals surface area contributed by atoms with Crippen molar-refractivity contribution in [3.8, 4) is 0 Å². The van der Waals surface area contributed by atoms with E-state index in [1.54, 1.807) is 32.9 Å². The van der Waals surface area contributed by atoms with Crippen molar-refractivity contribution in [2.45, 2.75) is 44.2 Å². The van der Waals surface area contributed by atoms with E-state index in [9.17, 15) is 13.2 Å². The zero-order valence-corrected chi connectivity index (χ0v) is 14.7. The first-order valence-corrected chi connectivity index (χ1v) is 8.87. The van der Waals surface area contributed by atoms with Gasteiger partial charge in [0.2, 0.25) is 10.0 Å². The predicted octanol–water partition coefficient (Wildman–Crippen LogP) is 1.51. The van der Waals surface area contributed by atoms with Crippen molar-refractivity contribution in [2.75, 3.05) is 13.1 Å². The highest BCUT2D eigenvalue weighted by atomic mass is 32.2. The van der Waals surface area contributed by atoms with E-state index in [1.807, 2.05) is 6.92 Å². The van der Waals surface area contributed by atoms with Crippen LogP contribution in [0, 0.1) is 0 Å². The van der Waals surface area contributed by atoms with Gasteiger partial charge in [0, 0.05) is 19.1 Å². The van der Waals surface area contributed by atoms with E-state index >= 15 is 0 Å². The fourth-order valence-electron chi connectivity index (χ4n) is 1.83. The third-order valence-corrected chi connectivity index (χ3v) is 3.88. The van der Waals surface area contributed by atoms with E-state index in [4.69, 9.17) is 9.88 Å². The molecule has 0 radical (unpaired) electrons. The molecule has 4 N–H and O–H groups in total. The zero-order valence-electron chi connectivity index (χ0n) is 13.9. The molecule has 1 aromatic rings. The highest BCUT2D eigenvalue weighted by Gasteiger charge is 2.15. The number of nitrogens with one attached hydrogen (secondary N) is 2. The Bertz CT molecular complexity index is 621. The van der Waals surface area contributed by atoms with Gasteiger partial charge < -0.3 is 15.4 Å². The second kappa shape index (κ2) is 7.76. The number of carbonyl (C=O) groups excluding carboxylic acids is 1. The molecular formula is C15H25N3O4S. The normalized spacial score (nSPS) is 13.4. The van der Waals surface area contributed by atoms with Crippen LogP contribution in [0.25, 0.3) is 0 Å². The van der Waals surface area contributed by atoms with Gasteiger partial charge >= 0.3 is 6.09 Å². The van der Waals surface area contributed by atoms with Gasteiger partial charge in [-0.2, -0.15) is 0 Å². The van der Waals surface area contributed by atoms with Gasteiger partial charge in [0.05, 0.1) is 4.90 Å². The Kier molecular flexibility index (Phi) is 6.55. The number of carbonyl (C=O) groups is 1. The molecule has 1 rings (SSSR count). The number of nitrogens with two attached hydrogens (primary N) is 1. The van der Waals surface area contributed by atoms with E-state index in [2.05, 4.69) is 10.6 Å². The fraction of sp³-hybridized carbons (Fsp3) is 0.533. The molecule has 1 amide bonds. The molecule has 0 saturated carbocycles. The maximum atomic E-state index is 11.5. The molecule has 0 aliphatic heterocycles. The van der Waals surface area contributed by atoms with E-state index in [0.717, 1.165) is 5.56 Å². The summed E-state index contributed by atoms with van der Waals surface area (Å²) in [5, 5.41) is 10.9. The van der Waals surface area contributed by atoms with Crippen LogP contribution in [0.3, 0.4) is 0 Å². The molecule has 1 unspecified atom stereocenters. The molecule has 0 aliphatic carbocycles. The smallest absolute Gasteiger partial charge is 0.407 e. The minimum atomic E-state index is -3.67. The van der Waals surface area contributed by atoms with Crippen LogP contribution < -0.4 is 15.8 Å². The lowest BCUT2D eigenvalue weighted by atomic mass is 10.1. The lowest BCUT2D eigenvalue weighted by molar-refractivity contribution is 0.0528. The summed E-state index contributed by atoms with van der Waals surface area (Å²) in [6, 6.07) is 6.37. The van der Waals surface area contributed by atoms with E-state index < -0.39 is 21.7 Å². The van der Waals surface area contributed by atoms with E-state index in [-0.39, 0.29) is 10.9 Å². The number of primary sulfonamides is 1. The van der Waals surface area contributed by atoms with Crippen molar-refractivity contribution in [3.63, 3.8) is 0 Å². The minimum Gasteiger partial charge on any atom is -0.444 e. The number of hydrogen-bond donors (Lipinski definition) is 3. The lowest BCUT2D eigenvalue weighted by Gasteiger charge is -2.20. The second-order valence-electron chi connectivity index (χ2n) is 6.22. The van der Waals surface area contributed by atoms with Gasteiger partial charge in [-0.05, 0) is 45.4 Å². The maximum absolute atomic E-state index is 11.5. The van der Waals surface area contributed by atoms with Crippen LogP contribution in [0.15, 0.2) is 29.2 Å². The molecule has 23 heavy (non-hydrogen) atoms. The number of amides is 1. The highest BCUT2D eigenvalue weighted by Crippen LogP contribution is 2.15. The first-order chi connectivity index (χ1) is 10.5. The predicted molar refractivity (Wildman–Crippen MR) is 88.5 cm³/mol. The van der Waals surface area contributed by atoms with Gasteiger partial charge in [0.1, 0.15) is 5.60 Å². The van der Waals surface area contributed by atoms with E-state index in [1.165, 1.54) is 12.1 Å². The molecule has 130 valence electrons. The summed E-state index contributed by atoms with van der Waals surface area (Å²) in [4.78, 5) is 11.6. The number of ether oxygens (including phenoxy) is 1. The molecule has 0 aliphatic rings. The summed E-state index contributed by atoms with van der Waals surface area (Å²) in [5.41, 5.74) is 0.408. The summed E-state index contributed by atoms with van der Waals surface area (Å²) in [5.74, 6) is 0. The molecule has 1 atom stereocenters. The highest BCUT2D eigenvalue weighted by molar-refractivity contribution is 7.89. The first kappa shape index (κ1) is 19.4. The fourth-order valence-corrected chi connectivity index (χ4v) is 2.35. The van der Waals surface area contributed by atoms with Crippen molar-refractivity contribution >= 4 is 16.1 Å². The minimum absolute atomic E-state index is 0.00460. The number of hydrogen-bond acceptors (Lipinski definition) is 5. The third kappa shape index (κ3) is 7.45. The van der Waals surface area contributed by atoms with Crippen LogP contribution in [0.2, 0.25) is 0 Å². The second-order valence-corrected chi connectivity index (χ2v) is 7.78. The molecule has 0 heterocycles. The summed E-state index contributed by atoms with van der Waals surface area (Å²) >= 11 is 0. The maximum Gasteiger partial charge on any atom is 0.407 e.